The summed E-state index contributed by atoms with van der Waals surface area (Å²) in [6, 6.07) is 2.04. The normalized spacial score (nSPS) is 25.7. The van der Waals surface area contributed by atoms with Gasteiger partial charge in [-0.05, 0) is 68.9 Å². The number of amides is 1. The number of fused-ring (bicyclic) bond motifs is 1. The Morgan fingerprint density at radius 2 is 1.74 bits per heavy atom. The third kappa shape index (κ3) is 5.22. The number of hydrogen-bond donors (Lipinski definition) is 1. The molecule has 186 valence electrons. The first-order chi connectivity index (χ1) is 16.4. The van der Waals surface area contributed by atoms with Crippen molar-refractivity contribution in [3.63, 3.8) is 0 Å². The molecule has 4 heterocycles. The summed E-state index contributed by atoms with van der Waals surface area (Å²) < 4.78 is 46.9. The Labute approximate surface area is 196 Å². The lowest BCUT2D eigenvalue weighted by Crippen LogP contribution is -2.43. The van der Waals surface area contributed by atoms with Crippen molar-refractivity contribution in [2.45, 2.75) is 75.7 Å². The van der Waals surface area contributed by atoms with Gasteiger partial charge in [0, 0.05) is 44.3 Å². The lowest BCUT2D eigenvalue weighted by Gasteiger charge is -2.36. The summed E-state index contributed by atoms with van der Waals surface area (Å²) in [5, 5.41) is 0. The number of piperidine rings is 1. The first-order valence-corrected chi connectivity index (χ1v) is 12.3. The number of alkyl halides is 3. The Hall–Kier alpha value is -2.20. The van der Waals surface area contributed by atoms with Gasteiger partial charge in [0.15, 0.2) is 5.65 Å². The van der Waals surface area contributed by atoms with Crippen LogP contribution in [0.2, 0.25) is 0 Å². The fraction of sp³-hybridized carbons (Fsp3) is 0.708. The number of hydrogen-bond acceptors (Lipinski definition) is 5. The van der Waals surface area contributed by atoms with Crippen LogP contribution in [0.4, 0.5) is 13.2 Å². The Morgan fingerprint density at radius 1 is 1.03 bits per heavy atom. The predicted molar refractivity (Wildman–Crippen MR) is 118 cm³/mol. The number of ether oxygens (including phenoxy) is 2. The summed E-state index contributed by atoms with van der Waals surface area (Å²) in [7, 11) is 0. The number of rotatable bonds is 4. The van der Waals surface area contributed by atoms with Crippen molar-refractivity contribution in [3.05, 3.63) is 23.7 Å². The van der Waals surface area contributed by atoms with Gasteiger partial charge in [-0.1, -0.05) is 0 Å². The molecule has 2 saturated heterocycles. The van der Waals surface area contributed by atoms with Gasteiger partial charge < -0.3 is 14.6 Å². The number of imidazole rings is 1. The highest BCUT2D eigenvalue weighted by molar-refractivity contribution is 5.79. The molecule has 0 aromatic carbocycles. The molecular formula is C24H31F3N4O3. The fourth-order valence-corrected chi connectivity index (χ4v) is 5.73. The summed E-state index contributed by atoms with van der Waals surface area (Å²) in [6.07, 6.45) is 1.44. The van der Waals surface area contributed by atoms with Crippen LogP contribution in [0, 0.1) is 5.92 Å². The summed E-state index contributed by atoms with van der Waals surface area (Å²) in [5.74, 6) is 1.52. The van der Waals surface area contributed by atoms with Crippen LogP contribution in [-0.4, -0.2) is 64.5 Å². The molecule has 10 heteroatoms. The van der Waals surface area contributed by atoms with E-state index in [-0.39, 0.29) is 24.7 Å². The molecule has 1 aliphatic carbocycles. The molecule has 0 unspecified atom stereocenters. The highest BCUT2D eigenvalue weighted by atomic mass is 19.4. The maximum absolute atomic E-state index is 13.0. The third-order valence-electron chi connectivity index (χ3n) is 7.61. The SMILES string of the molecule is O=C(C1CCC(OC(F)(F)F)CC1)N1CCC(c2ccnc3[nH]c(C4CCOCC4)nc23)CC1. The van der Waals surface area contributed by atoms with Gasteiger partial charge in [0.05, 0.1) is 6.10 Å². The van der Waals surface area contributed by atoms with E-state index in [2.05, 4.69) is 14.7 Å². The molecule has 0 atom stereocenters. The third-order valence-corrected chi connectivity index (χ3v) is 7.61. The quantitative estimate of drug-likeness (QED) is 0.689. The van der Waals surface area contributed by atoms with E-state index in [4.69, 9.17) is 9.72 Å². The Balaban J connectivity index is 1.18. The average molecular weight is 481 g/mol. The largest absolute Gasteiger partial charge is 0.522 e. The fourth-order valence-electron chi connectivity index (χ4n) is 5.73. The number of nitrogens with one attached hydrogen (secondary N) is 1. The van der Waals surface area contributed by atoms with Gasteiger partial charge in [0.2, 0.25) is 5.91 Å². The van der Waals surface area contributed by atoms with E-state index in [1.807, 2.05) is 17.2 Å². The van der Waals surface area contributed by atoms with Crippen molar-refractivity contribution in [2.24, 2.45) is 5.92 Å². The Bertz CT molecular complexity index is 989. The second-order valence-electron chi connectivity index (χ2n) is 9.74. The number of H-pyrrole nitrogens is 1. The number of likely N-dealkylation sites (tertiary alicyclic amines) is 1. The second-order valence-corrected chi connectivity index (χ2v) is 9.74. The van der Waals surface area contributed by atoms with Gasteiger partial charge >= 0.3 is 6.36 Å². The summed E-state index contributed by atoms with van der Waals surface area (Å²) in [5.41, 5.74) is 2.92. The highest BCUT2D eigenvalue weighted by Crippen LogP contribution is 2.36. The lowest BCUT2D eigenvalue weighted by molar-refractivity contribution is -0.345. The zero-order valence-electron chi connectivity index (χ0n) is 19.1. The maximum Gasteiger partial charge on any atom is 0.522 e. The van der Waals surface area contributed by atoms with Crippen molar-refractivity contribution in [1.82, 2.24) is 19.9 Å². The maximum atomic E-state index is 13.0. The summed E-state index contributed by atoms with van der Waals surface area (Å²) >= 11 is 0. The van der Waals surface area contributed by atoms with Crippen LogP contribution in [0.25, 0.3) is 11.2 Å². The molecule has 5 rings (SSSR count). The molecule has 7 nitrogen and oxygen atoms in total. The van der Waals surface area contributed by atoms with E-state index in [0.29, 0.717) is 37.8 Å². The van der Waals surface area contributed by atoms with E-state index in [1.165, 1.54) is 5.56 Å². The highest BCUT2D eigenvalue weighted by Gasteiger charge is 2.38. The number of aromatic nitrogens is 3. The zero-order valence-corrected chi connectivity index (χ0v) is 19.1. The second kappa shape index (κ2) is 9.81. The van der Waals surface area contributed by atoms with Crippen molar-refractivity contribution >= 4 is 17.1 Å². The molecule has 0 radical (unpaired) electrons. The molecular weight excluding hydrogens is 449 g/mol. The lowest BCUT2D eigenvalue weighted by atomic mass is 9.84. The van der Waals surface area contributed by atoms with Gasteiger partial charge in [0.25, 0.3) is 0 Å². The van der Waals surface area contributed by atoms with Crippen molar-refractivity contribution in [2.75, 3.05) is 26.3 Å². The van der Waals surface area contributed by atoms with Crippen LogP contribution < -0.4 is 0 Å². The van der Waals surface area contributed by atoms with Crippen molar-refractivity contribution in [1.29, 1.82) is 0 Å². The molecule has 0 spiro atoms. The van der Waals surface area contributed by atoms with E-state index < -0.39 is 12.5 Å². The van der Waals surface area contributed by atoms with E-state index in [0.717, 1.165) is 55.9 Å². The molecule has 3 fully saturated rings. The average Bonchev–Trinajstić information content (AvgIpc) is 3.28. The minimum atomic E-state index is -4.61. The van der Waals surface area contributed by atoms with Gasteiger partial charge in [-0.2, -0.15) is 0 Å². The molecule has 1 amide bonds. The van der Waals surface area contributed by atoms with E-state index >= 15 is 0 Å². The first-order valence-electron chi connectivity index (χ1n) is 12.3. The molecule has 34 heavy (non-hydrogen) atoms. The zero-order chi connectivity index (χ0) is 23.7. The molecule has 1 N–H and O–H groups in total. The summed E-state index contributed by atoms with van der Waals surface area (Å²) in [4.78, 5) is 27.7. The Morgan fingerprint density at radius 3 is 2.41 bits per heavy atom. The number of nitrogens with zero attached hydrogens (tertiary/aromatic N) is 3. The monoisotopic (exact) mass is 480 g/mol. The van der Waals surface area contributed by atoms with Crippen LogP contribution in [0.5, 0.6) is 0 Å². The Kier molecular flexibility index (Phi) is 6.79. The summed E-state index contributed by atoms with van der Waals surface area (Å²) in [6.45, 7) is 2.82. The number of aromatic amines is 1. The molecule has 1 saturated carbocycles. The molecule has 2 aliphatic heterocycles. The molecule has 2 aromatic heterocycles. The predicted octanol–water partition coefficient (Wildman–Crippen LogP) is 4.65. The van der Waals surface area contributed by atoms with Gasteiger partial charge in [-0.3, -0.25) is 9.53 Å². The first kappa shape index (κ1) is 23.5. The number of halogens is 3. The van der Waals surface area contributed by atoms with Gasteiger partial charge in [-0.15, -0.1) is 13.2 Å². The molecule has 3 aliphatic rings. The standard InChI is InChI=1S/C24H31F3N4O3/c25-24(26,27)34-18-3-1-17(2-4-18)23(32)31-11-6-15(7-12-31)19-5-10-28-22-20(19)29-21(30-22)16-8-13-33-14-9-16/h5,10,15-18H,1-4,6-9,11-14H2,(H,28,29,30). The molecule has 2 aromatic rings. The van der Waals surface area contributed by atoms with Crippen molar-refractivity contribution < 1.29 is 27.4 Å². The molecule has 0 bridgehead atoms. The van der Waals surface area contributed by atoms with Crippen LogP contribution in [0.1, 0.15) is 74.6 Å². The van der Waals surface area contributed by atoms with Gasteiger partial charge in [0.1, 0.15) is 11.3 Å². The van der Waals surface area contributed by atoms with Gasteiger partial charge in [-0.25, -0.2) is 9.97 Å². The van der Waals surface area contributed by atoms with Crippen LogP contribution in [0.15, 0.2) is 12.3 Å². The number of pyridine rings is 1. The van der Waals surface area contributed by atoms with Crippen LogP contribution in [-0.2, 0) is 14.3 Å². The van der Waals surface area contributed by atoms with E-state index in [9.17, 15) is 18.0 Å². The minimum Gasteiger partial charge on any atom is -0.381 e. The van der Waals surface area contributed by atoms with Crippen LogP contribution in [0.3, 0.4) is 0 Å². The smallest absolute Gasteiger partial charge is 0.381 e. The van der Waals surface area contributed by atoms with E-state index in [1.54, 1.807) is 0 Å². The number of carbonyl (C=O) groups is 1. The minimum absolute atomic E-state index is 0.0744. The number of carbonyl (C=O) groups excluding carboxylic acids is 1. The van der Waals surface area contributed by atoms with Crippen molar-refractivity contribution in [3.8, 4) is 0 Å². The topological polar surface area (TPSA) is 80.3 Å². The van der Waals surface area contributed by atoms with Crippen LogP contribution >= 0.6 is 0 Å².